The van der Waals surface area contributed by atoms with Gasteiger partial charge in [0.1, 0.15) is 11.4 Å². The van der Waals surface area contributed by atoms with Crippen molar-refractivity contribution in [2.24, 2.45) is 0 Å². The lowest BCUT2D eigenvalue weighted by molar-refractivity contribution is 0.0767. The van der Waals surface area contributed by atoms with Gasteiger partial charge in [-0.15, -0.1) is 0 Å². The van der Waals surface area contributed by atoms with E-state index >= 15 is 0 Å². The summed E-state index contributed by atoms with van der Waals surface area (Å²) in [7, 11) is 0. The molecule has 1 aliphatic heterocycles. The first-order valence-electron chi connectivity index (χ1n) is 8.30. The van der Waals surface area contributed by atoms with Gasteiger partial charge in [0.05, 0.1) is 24.9 Å². The minimum atomic E-state index is -0.224. The first-order chi connectivity index (χ1) is 10.9. The molecule has 0 radical (unpaired) electrons. The van der Waals surface area contributed by atoms with Gasteiger partial charge in [0.25, 0.3) is 0 Å². The number of hydrogen-bond acceptors (Lipinski definition) is 5. The largest absolute Gasteiger partial charge is 0.484 e. The summed E-state index contributed by atoms with van der Waals surface area (Å²) in [5, 5.41) is 6.50. The van der Waals surface area contributed by atoms with Crippen molar-refractivity contribution in [3.8, 4) is 5.75 Å². The smallest absolute Gasteiger partial charge is 0.176 e. The molecule has 5 nitrogen and oxygen atoms in total. The summed E-state index contributed by atoms with van der Waals surface area (Å²) in [4.78, 5) is 12.2. The second-order valence-electron chi connectivity index (χ2n) is 6.80. The Kier molecular flexibility index (Phi) is 6.02. The van der Waals surface area contributed by atoms with Gasteiger partial charge in [0.2, 0.25) is 0 Å². The summed E-state index contributed by atoms with van der Waals surface area (Å²) < 4.78 is 11.4. The molecule has 0 saturated carbocycles. The van der Waals surface area contributed by atoms with Crippen molar-refractivity contribution in [1.82, 2.24) is 5.32 Å². The van der Waals surface area contributed by atoms with Crippen molar-refractivity contribution in [3.63, 3.8) is 0 Å². The molecule has 0 fully saturated rings. The molecule has 0 unspecified atom stereocenters. The van der Waals surface area contributed by atoms with Crippen LogP contribution in [0.1, 0.15) is 44.5 Å². The molecule has 2 N–H and O–H groups in total. The highest BCUT2D eigenvalue weighted by Gasteiger charge is 2.26. The molecule has 0 bridgehead atoms. The average Bonchev–Trinajstić information content (AvgIpc) is 2.49. The van der Waals surface area contributed by atoms with E-state index < -0.39 is 0 Å². The summed E-state index contributed by atoms with van der Waals surface area (Å²) in [6.45, 7) is 10.7. The molecule has 1 aliphatic rings. The SMILES string of the molecule is CC(C)OCCCNCC(=O)c1ccc2c(c1)NCC(C)(C)O2. The Hall–Kier alpha value is -1.59. The molecule has 1 aromatic rings. The number of hydrogen-bond donors (Lipinski definition) is 2. The third kappa shape index (κ3) is 5.52. The predicted molar refractivity (Wildman–Crippen MR) is 92.5 cm³/mol. The third-order valence-electron chi connectivity index (χ3n) is 3.63. The molecule has 0 atom stereocenters. The second kappa shape index (κ2) is 7.79. The topological polar surface area (TPSA) is 59.6 Å². The maximum absolute atomic E-state index is 12.2. The van der Waals surface area contributed by atoms with E-state index in [1.165, 1.54) is 0 Å². The summed E-state index contributed by atoms with van der Waals surface area (Å²) >= 11 is 0. The Balaban J connectivity index is 1.80. The zero-order valence-corrected chi connectivity index (χ0v) is 14.6. The van der Waals surface area contributed by atoms with Crippen LogP contribution in [0.25, 0.3) is 0 Å². The summed E-state index contributed by atoms with van der Waals surface area (Å²) in [6, 6.07) is 5.57. The quantitative estimate of drug-likeness (QED) is 0.570. The molecule has 0 amide bonds. The van der Waals surface area contributed by atoms with Gasteiger partial charge in [0, 0.05) is 12.2 Å². The number of ether oxygens (including phenoxy) is 2. The van der Waals surface area contributed by atoms with Crippen LogP contribution in [-0.4, -0.2) is 43.7 Å². The lowest BCUT2D eigenvalue weighted by Gasteiger charge is -2.33. The molecular weight excluding hydrogens is 292 g/mol. The van der Waals surface area contributed by atoms with Crippen LogP contribution >= 0.6 is 0 Å². The van der Waals surface area contributed by atoms with Gasteiger partial charge in [-0.05, 0) is 58.9 Å². The normalized spacial score (nSPS) is 15.7. The van der Waals surface area contributed by atoms with Gasteiger partial charge in [-0.25, -0.2) is 0 Å². The van der Waals surface area contributed by atoms with E-state index in [9.17, 15) is 4.79 Å². The fraction of sp³-hybridized carbons (Fsp3) is 0.611. The van der Waals surface area contributed by atoms with Crippen molar-refractivity contribution >= 4 is 11.5 Å². The molecule has 0 aromatic heterocycles. The van der Waals surface area contributed by atoms with Crippen molar-refractivity contribution in [2.45, 2.75) is 45.8 Å². The van der Waals surface area contributed by atoms with Crippen molar-refractivity contribution in [1.29, 1.82) is 0 Å². The van der Waals surface area contributed by atoms with Crippen LogP contribution in [0.5, 0.6) is 5.75 Å². The predicted octanol–water partition coefficient (Wildman–Crippen LogP) is 2.86. The molecule has 5 heteroatoms. The highest BCUT2D eigenvalue weighted by atomic mass is 16.5. The van der Waals surface area contributed by atoms with E-state index in [4.69, 9.17) is 9.47 Å². The first-order valence-corrected chi connectivity index (χ1v) is 8.30. The van der Waals surface area contributed by atoms with Crippen LogP contribution in [0.4, 0.5) is 5.69 Å². The number of anilines is 1. The van der Waals surface area contributed by atoms with Crippen LogP contribution in [-0.2, 0) is 4.74 Å². The lowest BCUT2D eigenvalue weighted by Crippen LogP contribution is -2.40. The van der Waals surface area contributed by atoms with Crippen LogP contribution in [0, 0.1) is 0 Å². The summed E-state index contributed by atoms with van der Waals surface area (Å²) in [5.41, 5.74) is 1.36. The van der Waals surface area contributed by atoms with E-state index in [-0.39, 0.29) is 17.5 Å². The highest BCUT2D eigenvalue weighted by Crippen LogP contribution is 2.33. The Labute approximate surface area is 138 Å². The van der Waals surface area contributed by atoms with Gasteiger partial charge < -0.3 is 20.1 Å². The monoisotopic (exact) mass is 320 g/mol. The van der Waals surface area contributed by atoms with Gasteiger partial charge >= 0.3 is 0 Å². The van der Waals surface area contributed by atoms with E-state index in [0.29, 0.717) is 12.1 Å². The number of rotatable bonds is 8. The number of Topliss-reactive ketones (excluding diaryl/α,β-unsaturated/α-hetero) is 1. The van der Waals surface area contributed by atoms with Gasteiger partial charge in [-0.2, -0.15) is 0 Å². The number of ketones is 1. The third-order valence-corrected chi connectivity index (χ3v) is 3.63. The molecule has 0 aliphatic carbocycles. The standard InChI is InChI=1S/C18H28N2O3/c1-13(2)22-9-5-8-19-11-16(21)14-6-7-17-15(10-14)20-12-18(3,4)23-17/h6-7,10,13,19-20H,5,8-9,11-12H2,1-4H3. The fourth-order valence-electron chi connectivity index (χ4n) is 2.39. The molecular formula is C18H28N2O3. The molecule has 1 heterocycles. The van der Waals surface area contributed by atoms with Gasteiger partial charge in [-0.3, -0.25) is 4.79 Å². The summed E-state index contributed by atoms with van der Waals surface area (Å²) in [5.74, 6) is 0.890. The minimum Gasteiger partial charge on any atom is -0.484 e. The Morgan fingerprint density at radius 1 is 1.43 bits per heavy atom. The van der Waals surface area contributed by atoms with Crippen LogP contribution in [0.2, 0.25) is 0 Å². The maximum atomic E-state index is 12.2. The fourth-order valence-corrected chi connectivity index (χ4v) is 2.39. The average molecular weight is 320 g/mol. The molecule has 2 rings (SSSR count). The second-order valence-corrected chi connectivity index (χ2v) is 6.80. The number of carbonyl (C=O) groups is 1. The molecule has 0 saturated heterocycles. The molecule has 1 aromatic carbocycles. The van der Waals surface area contributed by atoms with Gasteiger partial charge in [-0.1, -0.05) is 0 Å². The number of fused-ring (bicyclic) bond motifs is 1. The van der Waals surface area contributed by atoms with E-state index in [2.05, 4.69) is 10.6 Å². The number of benzene rings is 1. The molecule has 0 spiro atoms. The van der Waals surface area contributed by atoms with Crippen LogP contribution in [0.15, 0.2) is 18.2 Å². The van der Waals surface area contributed by atoms with E-state index in [1.54, 1.807) is 0 Å². The Morgan fingerprint density at radius 2 is 2.22 bits per heavy atom. The zero-order chi connectivity index (χ0) is 16.9. The maximum Gasteiger partial charge on any atom is 0.176 e. The van der Waals surface area contributed by atoms with Crippen LogP contribution in [0.3, 0.4) is 0 Å². The minimum absolute atomic E-state index is 0.0872. The van der Waals surface area contributed by atoms with Crippen molar-refractivity contribution < 1.29 is 14.3 Å². The van der Waals surface area contributed by atoms with Crippen molar-refractivity contribution in [2.75, 3.05) is 31.6 Å². The zero-order valence-electron chi connectivity index (χ0n) is 14.6. The van der Waals surface area contributed by atoms with Crippen LogP contribution < -0.4 is 15.4 Å². The number of carbonyl (C=O) groups excluding carboxylic acids is 1. The van der Waals surface area contributed by atoms with E-state index in [1.807, 2.05) is 45.9 Å². The van der Waals surface area contributed by atoms with Crippen molar-refractivity contribution in [3.05, 3.63) is 23.8 Å². The summed E-state index contributed by atoms with van der Waals surface area (Å²) in [6.07, 6.45) is 1.16. The lowest BCUT2D eigenvalue weighted by atomic mass is 10.0. The molecule has 23 heavy (non-hydrogen) atoms. The highest BCUT2D eigenvalue weighted by molar-refractivity contribution is 5.98. The Morgan fingerprint density at radius 3 is 2.96 bits per heavy atom. The Bertz CT molecular complexity index is 541. The number of nitrogens with one attached hydrogen (secondary N) is 2. The van der Waals surface area contributed by atoms with E-state index in [0.717, 1.165) is 37.6 Å². The van der Waals surface area contributed by atoms with Gasteiger partial charge in [0.15, 0.2) is 5.78 Å². The first kappa shape index (κ1) is 17.8. The molecule has 128 valence electrons.